The minimum absolute atomic E-state index is 0.666. The third-order valence-electron chi connectivity index (χ3n) is 3.19. The van der Waals surface area contributed by atoms with E-state index in [9.17, 15) is 0 Å². The van der Waals surface area contributed by atoms with Crippen LogP contribution in [0.5, 0.6) is 0 Å². The quantitative estimate of drug-likeness (QED) is 0.484. The van der Waals surface area contributed by atoms with Gasteiger partial charge in [0.25, 0.3) is 0 Å². The van der Waals surface area contributed by atoms with Crippen LogP contribution in [0.25, 0.3) is 0 Å². The first kappa shape index (κ1) is 6.21. The molecule has 0 spiro atoms. The second-order valence-corrected chi connectivity index (χ2v) is 3.61. The highest BCUT2D eigenvalue weighted by molar-refractivity contribution is 5.22. The molecule has 2 aliphatic carbocycles. The molecule has 0 heteroatoms. The molecule has 2 rings (SSSR count). The van der Waals surface area contributed by atoms with Gasteiger partial charge in [0.1, 0.15) is 0 Å². The smallest absolute Gasteiger partial charge is 0.000264 e. The summed E-state index contributed by atoms with van der Waals surface area (Å²) in [5.74, 6) is 2.43. The van der Waals surface area contributed by atoms with Gasteiger partial charge in [-0.05, 0) is 31.1 Å². The number of fused-ring (bicyclic) bond motifs is 2. The lowest BCUT2D eigenvalue weighted by atomic mass is 9.85. The summed E-state index contributed by atoms with van der Waals surface area (Å²) in [5.41, 5.74) is 1.46. The van der Waals surface area contributed by atoms with Crippen LogP contribution < -0.4 is 0 Å². The van der Waals surface area contributed by atoms with Gasteiger partial charge in [-0.1, -0.05) is 18.2 Å². The Morgan fingerprint density at radius 3 is 2.60 bits per heavy atom. The Labute approximate surface area is 62.6 Å². The van der Waals surface area contributed by atoms with Crippen molar-refractivity contribution in [2.24, 2.45) is 17.8 Å². The second-order valence-electron chi connectivity index (χ2n) is 3.61. The molecular formula is C10H14. The summed E-state index contributed by atoms with van der Waals surface area (Å²) >= 11 is 0. The maximum absolute atomic E-state index is 4.12. The van der Waals surface area contributed by atoms with Crippen LogP contribution in [0.4, 0.5) is 0 Å². The van der Waals surface area contributed by atoms with Crippen molar-refractivity contribution in [2.75, 3.05) is 0 Å². The van der Waals surface area contributed by atoms with Gasteiger partial charge in [0.2, 0.25) is 0 Å². The molecule has 0 unspecified atom stereocenters. The zero-order valence-electron chi connectivity index (χ0n) is 6.34. The summed E-state index contributed by atoms with van der Waals surface area (Å²) in [7, 11) is 0. The van der Waals surface area contributed by atoms with E-state index in [1.165, 1.54) is 24.8 Å². The van der Waals surface area contributed by atoms with Gasteiger partial charge >= 0.3 is 0 Å². The van der Waals surface area contributed by atoms with Crippen LogP contribution in [-0.2, 0) is 0 Å². The molecule has 0 nitrogen and oxygen atoms in total. The van der Waals surface area contributed by atoms with Crippen molar-refractivity contribution >= 4 is 0 Å². The summed E-state index contributed by atoms with van der Waals surface area (Å²) in [6.07, 6.45) is 6.30. The third-order valence-corrected chi connectivity index (χ3v) is 3.19. The fourth-order valence-electron chi connectivity index (χ4n) is 2.60. The van der Waals surface area contributed by atoms with Crippen LogP contribution >= 0.6 is 0 Å². The van der Waals surface area contributed by atoms with E-state index in [-0.39, 0.29) is 0 Å². The monoisotopic (exact) mass is 134 g/mol. The normalized spacial score (nSPS) is 44.4. The Hall–Kier alpha value is -0.520. The lowest BCUT2D eigenvalue weighted by Gasteiger charge is -2.20. The van der Waals surface area contributed by atoms with Crippen LogP contribution in [0.15, 0.2) is 24.8 Å². The van der Waals surface area contributed by atoms with E-state index in [4.69, 9.17) is 0 Å². The van der Waals surface area contributed by atoms with Gasteiger partial charge in [-0.15, -0.1) is 6.58 Å². The maximum Gasteiger partial charge on any atom is 0.000264 e. The van der Waals surface area contributed by atoms with Crippen LogP contribution in [0, 0.1) is 17.8 Å². The minimum Gasteiger partial charge on any atom is -0.102 e. The molecule has 0 amide bonds. The van der Waals surface area contributed by atoms with Crippen LogP contribution in [-0.4, -0.2) is 0 Å². The van der Waals surface area contributed by atoms with E-state index in [1.807, 2.05) is 0 Å². The first-order chi connectivity index (χ1) is 4.83. The number of hydrogen-bond acceptors (Lipinski definition) is 0. The molecule has 0 aliphatic heterocycles. The van der Waals surface area contributed by atoms with Gasteiger partial charge in [-0.3, -0.25) is 0 Å². The van der Waals surface area contributed by atoms with Gasteiger partial charge in [0.15, 0.2) is 0 Å². The summed E-state index contributed by atoms with van der Waals surface area (Å²) in [6.45, 7) is 7.97. The van der Waals surface area contributed by atoms with Gasteiger partial charge in [-0.2, -0.15) is 0 Å². The molecule has 0 N–H and O–H groups in total. The van der Waals surface area contributed by atoms with Crippen LogP contribution in [0.1, 0.15) is 19.3 Å². The van der Waals surface area contributed by atoms with Crippen LogP contribution in [0.2, 0.25) is 0 Å². The van der Waals surface area contributed by atoms with Crippen molar-refractivity contribution in [3.8, 4) is 0 Å². The fraction of sp³-hybridized carbons (Fsp3) is 0.600. The Bertz CT molecular complexity index is 178. The van der Waals surface area contributed by atoms with Crippen molar-refractivity contribution < 1.29 is 0 Å². The standard InChI is InChI=1S/C10H14/c1-3-10-7(2)8-4-5-9(10)6-8/h3,8-10H,1-2,4-6H2/t8-,9+,10+/m0/s1. The summed E-state index contributed by atoms with van der Waals surface area (Å²) in [5, 5.41) is 0. The predicted molar refractivity (Wildman–Crippen MR) is 43.7 cm³/mol. The molecule has 54 valence electrons. The molecule has 2 saturated carbocycles. The highest BCUT2D eigenvalue weighted by Crippen LogP contribution is 2.51. The van der Waals surface area contributed by atoms with E-state index in [0.717, 1.165) is 11.8 Å². The van der Waals surface area contributed by atoms with Crippen LogP contribution in [0.3, 0.4) is 0 Å². The Morgan fingerprint density at radius 1 is 1.40 bits per heavy atom. The molecule has 0 aromatic rings. The van der Waals surface area contributed by atoms with Gasteiger partial charge in [-0.25, -0.2) is 0 Å². The molecule has 10 heavy (non-hydrogen) atoms. The molecule has 2 aliphatic rings. The van der Waals surface area contributed by atoms with Crippen molar-refractivity contribution in [1.82, 2.24) is 0 Å². The van der Waals surface area contributed by atoms with E-state index < -0.39 is 0 Å². The first-order valence-electron chi connectivity index (χ1n) is 4.14. The summed E-state index contributed by atoms with van der Waals surface area (Å²) < 4.78 is 0. The average molecular weight is 134 g/mol. The molecule has 0 saturated heterocycles. The lowest BCUT2D eigenvalue weighted by Crippen LogP contribution is -2.09. The minimum atomic E-state index is 0.666. The molecule has 0 radical (unpaired) electrons. The number of rotatable bonds is 1. The van der Waals surface area contributed by atoms with Gasteiger partial charge < -0.3 is 0 Å². The topological polar surface area (TPSA) is 0 Å². The van der Waals surface area contributed by atoms with Gasteiger partial charge in [0.05, 0.1) is 0 Å². The Morgan fingerprint density at radius 2 is 2.20 bits per heavy atom. The van der Waals surface area contributed by atoms with E-state index in [0.29, 0.717) is 5.92 Å². The van der Waals surface area contributed by atoms with Crippen molar-refractivity contribution in [1.29, 1.82) is 0 Å². The molecule has 0 aromatic heterocycles. The SMILES string of the molecule is C=C[C@@H]1C(=C)[C@H]2CC[C@@H]1C2. The van der Waals surface area contributed by atoms with E-state index >= 15 is 0 Å². The number of allylic oxidation sites excluding steroid dienone is 2. The van der Waals surface area contributed by atoms with Crippen molar-refractivity contribution in [3.05, 3.63) is 24.8 Å². The predicted octanol–water partition coefficient (Wildman–Crippen LogP) is 2.77. The Kier molecular flexibility index (Phi) is 1.23. The first-order valence-corrected chi connectivity index (χ1v) is 4.14. The van der Waals surface area contributed by atoms with E-state index in [1.54, 1.807) is 0 Å². The van der Waals surface area contributed by atoms with Crippen molar-refractivity contribution in [3.63, 3.8) is 0 Å². The fourth-order valence-corrected chi connectivity index (χ4v) is 2.60. The molecule has 0 aromatic carbocycles. The molecule has 2 fully saturated rings. The van der Waals surface area contributed by atoms with Gasteiger partial charge in [0, 0.05) is 5.92 Å². The van der Waals surface area contributed by atoms with Crippen molar-refractivity contribution in [2.45, 2.75) is 19.3 Å². The molecule has 3 atom stereocenters. The largest absolute Gasteiger partial charge is 0.102 e. The summed E-state index contributed by atoms with van der Waals surface area (Å²) in [4.78, 5) is 0. The summed E-state index contributed by atoms with van der Waals surface area (Å²) in [6, 6.07) is 0. The highest BCUT2D eigenvalue weighted by atomic mass is 14.4. The molecule has 2 bridgehead atoms. The highest BCUT2D eigenvalue weighted by Gasteiger charge is 2.40. The zero-order chi connectivity index (χ0) is 7.14. The average Bonchev–Trinajstić information content (AvgIpc) is 2.46. The lowest BCUT2D eigenvalue weighted by molar-refractivity contribution is 0.473. The maximum atomic E-state index is 4.12. The second kappa shape index (κ2) is 1.98. The zero-order valence-corrected chi connectivity index (χ0v) is 6.34. The molecule has 0 heterocycles. The Balaban J connectivity index is 2.24. The third kappa shape index (κ3) is 0.622. The number of hydrogen-bond donors (Lipinski definition) is 0. The molecular weight excluding hydrogens is 120 g/mol. The van der Waals surface area contributed by atoms with E-state index in [2.05, 4.69) is 19.2 Å².